The molecule has 0 N–H and O–H groups in total. The molecule has 3 heteroatoms. The van der Waals surface area contributed by atoms with E-state index in [9.17, 15) is 9.59 Å². The van der Waals surface area contributed by atoms with Crippen LogP contribution in [0.25, 0.3) is 0 Å². The molecule has 4 aliphatic carbocycles. The molecule has 0 unspecified atom stereocenters. The van der Waals surface area contributed by atoms with Crippen molar-refractivity contribution in [1.29, 1.82) is 0 Å². The summed E-state index contributed by atoms with van der Waals surface area (Å²) >= 11 is 0. The smallest absolute Gasteiger partial charge is 0.315 e. The van der Waals surface area contributed by atoms with E-state index in [0.29, 0.717) is 23.0 Å². The summed E-state index contributed by atoms with van der Waals surface area (Å²) in [6.45, 7) is 12.3. The fraction of sp³-hybridized carbons (Fsp3) is 0.840. The largest absolute Gasteiger partial charge is 0.462 e. The summed E-state index contributed by atoms with van der Waals surface area (Å²) in [4.78, 5) is 25.1. The number of esters is 1. The molecule has 0 aromatic rings. The van der Waals surface area contributed by atoms with Gasteiger partial charge in [0.2, 0.25) is 0 Å². The van der Waals surface area contributed by atoms with Gasteiger partial charge in [0, 0.05) is 11.8 Å². The highest BCUT2D eigenvalue weighted by Gasteiger charge is 2.60. The van der Waals surface area contributed by atoms with Crippen molar-refractivity contribution in [3.63, 3.8) is 0 Å². The molecule has 0 spiro atoms. The van der Waals surface area contributed by atoms with Crippen molar-refractivity contribution in [3.05, 3.63) is 12.7 Å². The van der Waals surface area contributed by atoms with Crippen LogP contribution in [0.15, 0.2) is 12.7 Å². The predicted octanol–water partition coefficient (Wildman–Crippen LogP) is 5.72. The van der Waals surface area contributed by atoms with E-state index in [1.807, 2.05) is 13.8 Å². The zero-order valence-corrected chi connectivity index (χ0v) is 18.3. The molecular formula is C25H38O3. The Morgan fingerprint density at radius 1 is 1.11 bits per heavy atom. The van der Waals surface area contributed by atoms with Crippen LogP contribution in [0.4, 0.5) is 0 Å². The number of Topliss-reactive ketones (excluding diaryl/α,β-unsaturated/α-hetero) is 1. The highest BCUT2D eigenvalue weighted by molar-refractivity contribution is 5.87. The second kappa shape index (κ2) is 6.71. The van der Waals surface area contributed by atoms with Crippen molar-refractivity contribution in [2.45, 2.75) is 91.6 Å². The van der Waals surface area contributed by atoms with Crippen molar-refractivity contribution in [2.24, 2.45) is 39.9 Å². The van der Waals surface area contributed by atoms with Gasteiger partial charge in [-0.3, -0.25) is 9.59 Å². The lowest BCUT2D eigenvalue weighted by Gasteiger charge is -2.60. The monoisotopic (exact) mass is 386 g/mol. The number of ketones is 1. The van der Waals surface area contributed by atoms with Crippen molar-refractivity contribution >= 4 is 11.8 Å². The van der Waals surface area contributed by atoms with Gasteiger partial charge in [-0.05, 0) is 94.3 Å². The number of hydrogen-bond donors (Lipinski definition) is 0. The number of ether oxygens (including phenoxy) is 1. The topological polar surface area (TPSA) is 43.4 Å². The number of carbonyl (C=O) groups excluding carboxylic acids is 2. The molecule has 0 heterocycles. The Bertz CT molecular complexity index is 679. The van der Waals surface area contributed by atoms with Crippen LogP contribution < -0.4 is 0 Å². The first-order valence-corrected chi connectivity index (χ1v) is 11.5. The van der Waals surface area contributed by atoms with Crippen LogP contribution in [0.1, 0.15) is 85.5 Å². The lowest BCUT2D eigenvalue weighted by molar-refractivity contribution is -0.168. The van der Waals surface area contributed by atoms with Crippen LogP contribution in [0, 0.1) is 39.9 Å². The first kappa shape index (κ1) is 20.2. The van der Waals surface area contributed by atoms with Crippen LogP contribution in [-0.4, -0.2) is 17.9 Å². The summed E-state index contributed by atoms with van der Waals surface area (Å²) in [5.74, 6) is 3.13. The third kappa shape index (κ3) is 2.91. The second-order valence-electron chi connectivity index (χ2n) is 11.3. The highest BCUT2D eigenvalue weighted by atomic mass is 16.5. The molecule has 156 valence electrons. The van der Waals surface area contributed by atoms with Gasteiger partial charge in [-0.15, -0.1) is 6.58 Å². The zero-order chi connectivity index (χ0) is 20.3. The summed E-state index contributed by atoms with van der Waals surface area (Å²) in [6.07, 6.45) is 11.6. The third-order valence-electron chi connectivity index (χ3n) is 9.64. The Morgan fingerprint density at radius 2 is 1.86 bits per heavy atom. The minimum Gasteiger partial charge on any atom is -0.462 e. The molecule has 28 heavy (non-hydrogen) atoms. The van der Waals surface area contributed by atoms with Gasteiger partial charge in [-0.25, -0.2) is 0 Å². The molecule has 0 radical (unpaired) electrons. The maximum atomic E-state index is 12.6. The molecule has 4 rings (SSSR count). The van der Waals surface area contributed by atoms with Crippen molar-refractivity contribution in [3.8, 4) is 0 Å². The number of carbonyl (C=O) groups is 2. The van der Waals surface area contributed by atoms with E-state index in [0.717, 1.165) is 50.4 Å². The fourth-order valence-corrected chi connectivity index (χ4v) is 7.48. The van der Waals surface area contributed by atoms with Crippen LogP contribution in [0.5, 0.6) is 0 Å². The molecule has 0 aromatic carbocycles. The Hall–Kier alpha value is -1.12. The van der Waals surface area contributed by atoms with E-state index >= 15 is 0 Å². The average molecular weight is 387 g/mol. The van der Waals surface area contributed by atoms with Crippen molar-refractivity contribution < 1.29 is 14.3 Å². The van der Waals surface area contributed by atoms with Gasteiger partial charge in [0.1, 0.15) is 11.9 Å². The Labute approximate surface area is 170 Å². The van der Waals surface area contributed by atoms with E-state index in [1.54, 1.807) is 6.08 Å². The summed E-state index contributed by atoms with van der Waals surface area (Å²) in [7, 11) is 0. The van der Waals surface area contributed by atoms with Crippen molar-refractivity contribution in [2.75, 3.05) is 0 Å². The second-order valence-corrected chi connectivity index (χ2v) is 11.3. The SMILES string of the molecule is C=CC(C)(C)C(=O)O[C@H]1CC[C@@]2(C)[C@H](CC[C@@H]3[C@@H]2CC[C@]2(C)C(=O)CC[C@@H]32)C1. The molecule has 4 saturated carbocycles. The van der Waals surface area contributed by atoms with Crippen LogP contribution >= 0.6 is 0 Å². The first-order chi connectivity index (χ1) is 13.1. The average Bonchev–Trinajstić information content (AvgIpc) is 2.97. The summed E-state index contributed by atoms with van der Waals surface area (Å²) in [5.41, 5.74) is -0.290. The Kier molecular flexibility index (Phi) is 4.83. The summed E-state index contributed by atoms with van der Waals surface area (Å²) in [5, 5.41) is 0. The van der Waals surface area contributed by atoms with E-state index < -0.39 is 5.41 Å². The van der Waals surface area contributed by atoms with Gasteiger partial charge in [0.15, 0.2) is 0 Å². The maximum Gasteiger partial charge on any atom is 0.315 e. The van der Waals surface area contributed by atoms with Gasteiger partial charge < -0.3 is 4.74 Å². The summed E-state index contributed by atoms with van der Waals surface area (Å²) < 4.78 is 5.92. The number of fused-ring (bicyclic) bond motifs is 5. The number of hydrogen-bond acceptors (Lipinski definition) is 3. The molecule has 0 amide bonds. The van der Waals surface area contributed by atoms with Gasteiger partial charge in [-0.1, -0.05) is 19.9 Å². The third-order valence-corrected chi connectivity index (χ3v) is 9.64. The van der Waals surface area contributed by atoms with E-state index in [4.69, 9.17) is 4.74 Å². The van der Waals surface area contributed by atoms with Crippen LogP contribution in [0.2, 0.25) is 0 Å². The summed E-state index contributed by atoms with van der Waals surface area (Å²) in [6, 6.07) is 0. The number of rotatable bonds is 3. The molecule has 0 saturated heterocycles. The minimum absolute atomic E-state index is 0.0344. The van der Waals surface area contributed by atoms with E-state index in [2.05, 4.69) is 20.4 Å². The standard InChI is InChI=1S/C25H38O3/c1-6-23(2,3)22(27)28-17-11-13-24(4)16(15-17)7-8-18-19-9-10-21(26)25(19,5)14-12-20(18)24/h6,16-20H,1,7-15H2,2-5H3/t16-,17+,18+,19+,20+,24+,25+/m1/s1. The van der Waals surface area contributed by atoms with Crippen LogP contribution in [0.3, 0.4) is 0 Å². The van der Waals surface area contributed by atoms with Crippen LogP contribution in [-0.2, 0) is 14.3 Å². The van der Waals surface area contributed by atoms with Gasteiger partial charge in [-0.2, -0.15) is 0 Å². The van der Waals surface area contributed by atoms with Gasteiger partial charge in [0.05, 0.1) is 5.41 Å². The van der Waals surface area contributed by atoms with Gasteiger partial charge >= 0.3 is 5.97 Å². The molecule has 4 fully saturated rings. The molecule has 0 aromatic heterocycles. The van der Waals surface area contributed by atoms with Crippen molar-refractivity contribution in [1.82, 2.24) is 0 Å². The quantitative estimate of drug-likeness (QED) is 0.460. The Balaban J connectivity index is 1.47. The Morgan fingerprint density at radius 3 is 2.57 bits per heavy atom. The molecule has 7 atom stereocenters. The molecule has 0 bridgehead atoms. The van der Waals surface area contributed by atoms with Gasteiger partial charge in [0.25, 0.3) is 0 Å². The predicted molar refractivity (Wildman–Crippen MR) is 111 cm³/mol. The van der Waals surface area contributed by atoms with E-state index in [1.165, 1.54) is 19.3 Å². The molecule has 3 nitrogen and oxygen atoms in total. The fourth-order valence-electron chi connectivity index (χ4n) is 7.48. The normalized spacial score (nSPS) is 45.6. The zero-order valence-electron chi connectivity index (χ0n) is 18.3. The van der Waals surface area contributed by atoms with E-state index in [-0.39, 0.29) is 17.5 Å². The molecular weight excluding hydrogens is 348 g/mol. The maximum absolute atomic E-state index is 12.6. The lowest BCUT2D eigenvalue weighted by Crippen LogP contribution is -2.54. The molecule has 0 aliphatic heterocycles. The highest BCUT2D eigenvalue weighted by Crippen LogP contribution is 2.65. The first-order valence-electron chi connectivity index (χ1n) is 11.5. The minimum atomic E-state index is -0.610. The lowest BCUT2D eigenvalue weighted by atomic mass is 9.45. The molecule has 4 aliphatic rings.